The number of carbonyl (C=O) groups is 1. The van der Waals surface area contributed by atoms with Gasteiger partial charge in [-0.15, -0.1) is 0 Å². The van der Waals surface area contributed by atoms with Crippen molar-refractivity contribution in [3.05, 3.63) is 12.5 Å². The minimum absolute atomic E-state index is 0.116. The first kappa shape index (κ1) is 8.58. The van der Waals surface area contributed by atoms with Crippen LogP contribution >= 0.6 is 0 Å². The van der Waals surface area contributed by atoms with Gasteiger partial charge in [0.05, 0.1) is 6.20 Å². The fourth-order valence-electron chi connectivity index (χ4n) is 0.696. The number of aromatic nitrogens is 1. The molecule has 12 heavy (non-hydrogen) atoms. The second kappa shape index (κ2) is 3.75. The van der Waals surface area contributed by atoms with Gasteiger partial charge in [-0.3, -0.25) is 0 Å². The van der Waals surface area contributed by atoms with Crippen LogP contribution in [0.25, 0.3) is 0 Å². The van der Waals surface area contributed by atoms with Crippen molar-refractivity contribution in [2.45, 2.75) is 19.9 Å². The molecule has 0 aromatic carbocycles. The summed E-state index contributed by atoms with van der Waals surface area (Å²) in [7, 11) is 0. The lowest BCUT2D eigenvalue weighted by Gasteiger charge is -2.07. The highest BCUT2D eigenvalue weighted by Gasteiger charge is 2.03. The van der Waals surface area contributed by atoms with E-state index in [0.717, 1.165) is 0 Å². The molecule has 0 aliphatic rings. The summed E-state index contributed by atoms with van der Waals surface area (Å²) in [5.41, 5.74) is 0.549. The third-order valence-corrected chi connectivity index (χ3v) is 1.11. The monoisotopic (exact) mass is 169 g/mol. The molecule has 0 aliphatic heterocycles. The van der Waals surface area contributed by atoms with E-state index in [4.69, 9.17) is 0 Å². The van der Waals surface area contributed by atoms with Crippen LogP contribution < -0.4 is 10.6 Å². The third-order valence-electron chi connectivity index (χ3n) is 1.11. The zero-order chi connectivity index (χ0) is 8.97. The Balaban J connectivity index is 2.37. The van der Waals surface area contributed by atoms with Gasteiger partial charge in [-0.2, -0.15) is 0 Å². The molecule has 0 radical (unpaired) electrons. The quantitative estimate of drug-likeness (QED) is 0.699. The molecular formula is C7H11N3O2. The van der Waals surface area contributed by atoms with E-state index >= 15 is 0 Å². The largest absolute Gasteiger partial charge is 0.363 e. The first-order valence-electron chi connectivity index (χ1n) is 3.65. The van der Waals surface area contributed by atoms with Gasteiger partial charge in [0.1, 0.15) is 12.0 Å². The number of urea groups is 1. The summed E-state index contributed by atoms with van der Waals surface area (Å²) >= 11 is 0. The predicted octanol–water partition coefficient (Wildman–Crippen LogP) is 1.20. The topological polar surface area (TPSA) is 67.2 Å². The van der Waals surface area contributed by atoms with Gasteiger partial charge < -0.3 is 15.2 Å². The van der Waals surface area contributed by atoms with Crippen LogP contribution in [-0.4, -0.2) is 17.2 Å². The first-order chi connectivity index (χ1) is 5.68. The van der Waals surface area contributed by atoms with Gasteiger partial charge in [-0.05, 0) is 13.8 Å². The number of hydrogen-bond donors (Lipinski definition) is 2. The van der Waals surface area contributed by atoms with Crippen LogP contribution in [0, 0.1) is 0 Å². The van der Waals surface area contributed by atoms with Crippen LogP contribution in [0.1, 0.15) is 13.8 Å². The van der Waals surface area contributed by atoms with Crippen LogP contribution in [0.15, 0.2) is 17.0 Å². The van der Waals surface area contributed by atoms with Gasteiger partial charge >= 0.3 is 6.03 Å². The molecule has 0 saturated carbocycles. The van der Waals surface area contributed by atoms with E-state index in [1.807, 2.05) is 13.8 Å². The molecule has 5 heteroatoms. The zero-order valence-electron chi connectivity index (χ0n) is 7.00. The molecule has 2 N–H and O–H groups in total. The smallest absolute Gasteiger partial charge is 0.319 e. The van der Waals surface area contributed by atoms with E-state index in [9.17, 15) is 4.79 Å². The summed E-state index contributed by atoms with van der Waals surface area (Å²) < 4.78 is 4.53. The Bertz CT molecular complexity index is 243. The molecule has 0 atom stereocenters. The highest BCUT2D eigenvalue weighted by atomic mass is 16.5. The van der Waals surface area contributed by atoms with Crippen molar-refractivity contribution >= 4 is 11.7 Å². The van der Waals surface area contributed by atoms with Crippen LogP contribution in [0.4, 0.5) is 10.5 Å². The average Bonchev–Trinajstić information content (AvgIpc) is 2.37. The second-order valence-corrected chi connectivity index (χ2v) is 2.67. The molecule has 1 aromatic heterocycles. The van der Waals surface area contributed by atoms with E-state index in [-0.39, 0.29) is 12.1 Å². The van der Waals surface area contributed by atoms with Crippen molar-refractivity contribution in [2.24, 2.45) is 0 Å². The lowest BCUT2D eigenvalue weighted by molar-refractivity contribution is 0.250. The zero-order valence-corrected chi connectivity index (χ0v) is 7.00. The minimum Gasteiger partial charge on any atom is -0.363 e. The molecule has 2 amide bonds. The Morgan fingerprint density at radius 1 is 1.67 bits per heavy atom. The van der Waals surface area contributed by atoms with Gasteiger partial charge in [0.15, 0.2) is 0 Å². The molecule has 0 spiro atoms. The standard InChI is InChI=1S/C7H11N3O2/c1-5(2)9-7(11)10-6-3-8-12-4-6/h3-5H,1-2H3,(H2,9,10,11). The Kier molecular flexibility index (Phi) is 2.68. The van der Waals surface area contributed by atoms with Crippen molar-refractivity contribution in [2.75, 3.05) is 5.32 Å². The Labute approximate surface area is 70.1 Å². The molecular weight excluding hydrogens is 158 g/mol. The number of hydrogen-bond acceptors (Lipinski definition) is 3. The number of anilines is 1. The third kappa shape index (κ3) is 2.61. The first-order valence-corrected chi connectivity index (χ1v) is 3.65. The van der Waals surface area contributed by atoms with Crippen molar-refractivity contribution in [3.8, 4) is 0 Å². The molecule has 0 bridgehead atoms. The van der Waals surface area contributed by atoms with Crippen molar-refractivity contribution in [1.29, 1.82) is 0 Å². The van der Waals surface area contributed by atoms with Gasteiger partial charge in [0.25, 0.3) is 0 Å². The Hall–Kier alpha value is -1.52. The van der Waals surface area contributed by atoms with Crippen LogP contribution in [0.3, 0.4) is 0 Å². The molecule has 1 rings (SSSR count). The van der Waals surface area contributed by atoms with E-state index < -0.39 is 0 Å². The van der Waals surface area contributed by atoms with Crippen LogP contribution in [0.5, 0.6) is 0 Å². The lowest BCUT2D eigenvalue weighted by Crippen LogP contribution is -2.33. The maximum atomic E-state index is 11.0. The van der Waals surface area contributed by atoms with E-state index in [2.05, 4.69) is 20.3 Å². The number of nitrogens with one attached hydrogen (secondary N) is 2. The molecule has 0 unspecified atom stereocenters. The molecule has 0 saturated heterocycles. The van der Waals surface area contributed by atoms with Crippen LogP contribution in [0.2, 0.25) is 0 Å². The van der Waals surface area contributed by atoms with E-state index in [1.165, 1.54) is 12.5 Å². The maximum Gasteiger partial charge on any atom is 0.319 e. The highest BCUT2D eigenvalue weighted by Crippen LogP contribution is 2.02. The number of amides is 2. The highest BCUT2D eigenvalue weighted by molar-refractivity contribution is 5.88. The summed E-state index contributed by atoms with van der Waals surface area (Å²) in [4.78, 5) is 11.0. The molecule has 5 nitrogen and oxygen atoms in total. The average molecular weight is 169 g/mol. The minimum atomic E-state index is -0.256. The van der Waals surface area contributed by atoms with Gasteiger partial charge in [0, 0.05) is 6.04 Å². The van der Waals surface area contributed by atoms with Gasteiger partial charge in [-0.1, -0.05) is 5.16 Å². The lowest BCUT2D eigenvalue weighted by atomic mass is 10.4. The summed E-state index contributed by atoms with van der Waals surface area (Å²) in [6.45, 7) is 3.76. The SMILES string of the molecule is CC(C)NC(=O)Nc1cnoc1. The Morgan fingerprint density at radius 2 is 2.42 bits per heavy atom. The Morgan fingerprint density at radius 3 is 2.92 bits per heavy atom. The molecule has 1 heterocycles. The fraction of sp³-hybridized carbons (Fsp3) is 0.429. The maximum absolute atomic E-state index is 11.0. The molecule has 0 aliphatic carbocycles. The van der Waals surface area contributed by atoms with Gasteiger partial charge in [0.2, 0.25) is 0 Å². The number of rotatable bonds is 2. The van der Waals surface area contributed by atoms with Crippen LogP contribution in [-0.2, 0) is 0 Å². The van der Waals surface area contributed by atoms with Crippen molar-refractivity contribution < 1.29 is 9.32 Å². The summed E-state index contributed by atoms with van der Waals surface area (Å²) in [6, 6.07) is -0.141. The predicted molar refractivity (Wildman–Crippen MR) is 43.8 cm³/mol. The summed E-state index contributed by atoms with van der Waals surface area (Å²) in [6.07, 6.45) is 2.79. The summed E-state index contributed by atoms with van der Waals surface area (Å²) in [5.74, 6) is 0. The normalized spacial score (nSPS) is 9.92. The number of nitrogens with zero attached hydrogens (tertiary/aromatic N) is 1. The molecule has 1 aromatic rings. The molecule has 0 fully saturated rings. The van der Waals surface area contributed by atoms with Crippen molar-refractivity contribution in [1.82, 2.24) is 10.5 Å². The second-order valence-electron chi connectivity index (χ2n) is 2.67. The van der Waals surface area contributed by atoms with Gasteiger partial charge in [-0.25, -0.2) is 4.79 Å². The van der Waals surface area contributed by atoms with Crippen molar-refractivity contribution in [3.63, 3.8) is 0 Å². The fourth-order valence-corrected chi connectivity index (χ4v) is 0.696. The van der Waals surface area contributed by atoms with E-state index in [1.54, 1.807) is 0 Å². The number of carbonyl (C=O) groups excluding carboxylic acids is 1. The van der Waals surface area contributed by atoms with E-state index in [0.29, 0.717) is 5.69 Å². The molecule has 66 valence electrons. The summed E-state index contributed by atoms with van der Waals surface area (Å²) in [5, 5.41) is 8.65.